The van der Waals surface area contributed by atoms with Crippen molar-refractivity contribution in [2.24, 2.45) is 0 Å². The van der Waals surface area contributed by atoms with Crippen molar-refractivity contribution >= 4 is 17.3 Å². The normalized spacial score (nSPS) is 10.2. The topological polar surface area (TPSA) is 64.3 Å². The molecule has 0 aliphatic carbocycles. The lowest BCUT2D eigenvalue weighted by Crippen LogP contribution is -2.13. The minimum Gasteiger partial charge on any atom is -0.497 e. The summed E-state index contributed by atoms with van der Waals surface area (Å²) in [6.45, 7) is 0. The number of rotatable bonds is 4. The maximum Gasteiger partial charge on any atom is 0.255 e. The highest BCUT2D eigenvalue weighted by Gasteiger charge is 2.09. The molecule has 0 saturated carbocycles. The van der Waals surface area contributed by atoms with Gasteiger partial charge >= 0.3 is 0 Å². The summed E-state index contributed by atoms with van der Waals surface area (Å²) in [7, 11) is 1.59. The number of methoxy groups -OCH3 is 1. The summed E-state index contributed by atoms with van der Waals surface area (Å²) >= 11 is 0. The lowest BCUT2D eigenvalue weighted by molar-refractivity contribution is 0.102. The number of carbonyl (C=O) groups excluding carboxylic acids is 1. The highest BCUT2D eigenvalue weighted by Crippen LogP contribution is 2.27. The first-order valence-corrected chi connectivity index (χ1v) is 7.58. The quantitative estimate of drug-likeness (QED) is 0.709. The number of nitrogens with one attached hydrogen (secondary N) is 1. The Morgan fingerprint density at radius 3 is 2.29 bits per heavy atom. The molecule has 0 radical (unpaired) electrons. The summed E-state index contributed by atoms with van der Waals surface area (Å²) in [5, 5.41) is 2.87. The van der Waals surface area contributed by atoms with Crippen molar-refractivity contribution in [1.29, 1.82) is 0 Å². The van der Waals surface area contributed by atoms with Crippen molar-refractivity contribution in [2.45, 2.75) is 0 Å². The predicted octanol–water partition coefficient (Wildman–Crippen LogP) is 4.20. The molecular formula is C20H18N2O2. The molecule has 0 unspecified atom stereocenters. The van der Waals surface area contributed by atoms with Crippen LogP contribution in [0.4, 0.5) is 11.4 Å². The molecule has 0 aliphatic heterocycles. The standard InChI is InChI=1S/C20H18N2O2/c1-24-17-10-7-15(8-11-17)20(23)22-19-13-16(9-12-18(19)21)14-5-3-2-4-6-14/h2-13H,21H2,1H3,(H,22,23). The van der Waals surface area contributed by atoms with E-state index < -0.39 is 0 Å². The Labute approximate surface area is 140 Å². The molecule has 0 bridgehead atoms. The number of hydrogen-bond acceptors (Lipinski definition) is 3. The Morgan fingerprint density at radius 2 is 1.62 bits per heavy atom. The second kappa shape index (κ2) is 6.87. The molecule has 0 fully saturated rings. The SMILES string of the molecule is COc1ccc(C(=O)Nc2cc(-c3ccccc3)ccc2N)cc1. The fraction of sp³-hybridized carbons (Fsp3) is 0.0500. The molecule has 0 atom stereocenters. The van der Waals surface area contributed by atoms with Crippen molar-refractivity contribution in [3.05, 3.63) is 78.4 Å². The van der Waals surface area contributed by atoms with Gasteiger partial charge in [-0.1, -0.05) is 36.4 Å². The lowest BCUT2D eigenvalue weighted by atomic mass is 10.0. The Hall–Kier alpha value is -3.27. The summed E-state index contributed by atoms with van der Waals surface area (Å²) in [6, 6.07) is 22.5. The summed E-state index contributed by atoms with van der Waals surface area (Å²) in [6.07, 6.45) is 0. The lowest BCUT2D eigenvalue weighted by Gasteiger charge is -2.11. The molecule has 24 heavy (non-hydrogen) atoms. The number of amides is 1. The third kappa shape index (κ3) is 3.38. The molecule has 3 aromatic carbocycles. The summed E-state index contributed by atoms with van der Waals surface area (Å²) < 4.78 is 5.10. The van der Waals surface area contributed by atoms with Crippen LogP contribution in [0.25, 0.3) is 11.1 Å². The Balaban J connectivity index is 1.85. The average molecular weight is 318 g/mol. The van der Waals surface area contributed by atoms with Crippen LogP contribution >= 0.6 is 0 Å². The monoisotopic (exact) mass is 318 g/mol. The van der Waals surface area contributed by atoms with Crippen LogP contribution in [0.3, 0.4) is 0 Å². The first kappa shape index (κ1) is 15.6. The van der Waals surface area contributed by atoms with Gasteiger partial charge in [0.2, 0.25) is 0 Å². The van der Waals surface area contributed by atoms with E-state index in [1.807, 2.05) is 42.5 Å². The van der Waals surface area contributed by atoms with E-state index >= 15 is 0 Å². The van der Waals surface area contributed by atoms with Crippen LogP contribution in [-0.4, -0.2) is 13.0 Å². The largest absolute Gasteiger partial charge is 0.497 e. The van der Waals surface area contributed by atoms with Crippen LogP contribution in [0, 0.1) is 0 Å². The molecule has 0 aliphatic rings. The van der Waals surface area contributed by atoms with E-state index in [9.17, 15) is 4.79 Å². The molecule has 0 saturated heterocycles. The molecular weight excluding hydrogens is 300 g/mol. The van der Waals surface area contributed by atoms with Gasteiger partial charge in [0, 0.05) is 5.56 Å². The van der Waals surface area contributed by atoms with Crippen molar-refractivity contribution in [2.75, 3.05) is 18.2 Å². The van der Waals surface area contributed by atoms with Gasteiger partial charge in [-0.15, -0.1) is 0 Å². The van der Waals surface area contributed by atoms with E-state index in [1.165, 1.54) is 0 Å². The van der Waals surface area contributed by atoms with E-state index in [4.69, 9.17) is 10.5 Å². The number of nitrogen functional groups attached to an aromatic ring is 1. The molecule has 1 amide bonds. The van der Waals surface area contributed by atoms with Crippen LogP contribution in [0.15, 0.2) is 72.8 Å². The molecule has 0 heterocycles. The molecule has 3 N–H and O–H groups in total. The predicted molar refractivity (Wildman–Crippen MR) is 97.2 cm³/mol. The summed E-state index contributed by atoms with van der Waals surface area (Å²) in [5.74, 6) is 0.492. The van der Waals surface area contributed by atoms with E-state index in [2.05, 4.69) is 5.32 Å². The van der Waals surface area contributed by atoms with Gasteiger partial charge in [0.25, 0.3) is 5.91 Å². The number of hydrogen-bond donors (Lipinski definition) is 2. The minimum atomic E-state index is -0.213. The second-order valence-corrected chi connectivity index (χ2v) is 5.35. The van der Waals surface area contributed by atoms with Gasteiger partial charge < -0.3 is 15.8 Å². The first-order chi connectivity index (χ1) is 11.7. The summed E-state index contributed by atoms with van der Waals surface area (Å²) in [5.41, 5.74) is 9.73. The van der Waals surface area contributed by atoms with Crippen LogP contribution in [0.2, 0.25) is 0 Å². The van der Waals surface area contributed by atoms with Gasteiger partial charge in [0.05, 0.1) is 18.5 Å². The number of ether oxygens (including phenoxy) is 1. The fourth-order valence-electron chi connectivity index (χ4n) is 2.41. The molecule has 120 valence electrons. The Kier molecular flexibility index (Phi) is 4.47. The summed E-state index contributed by atoms with van der Waals surface area (Å²) in [4.78, 5) is 12.4. The fourth-order valence-corrected chi connectivity index (χ4v) is 2.41. The van der Waals surface area contributed by atoms with Crippen LogP contribution in [0.1, 0.15) is 10.4 Å². The van der Waals surface area contributed by atoms with Gasteiger partial charge in [0.1, 0.15) is 5.75 Å². The zero-order chi connectivity index (χ0) is 16.9. The Bertz CT molecular complexity index is 843. The van der Waals surface area contributed by atoms with E-state index in [1.54, 1.807) is 37.4 Å². The van der Waals surface area contributed by atoms with Crippen LogP contribution < -0.4 is 15.8 Å². The van der Waals surface area contributed by atoms with Crippen molar-refractivity contribution in [3.8, 4) is 16.9 Å². The molecule has 4 nitrogen and oxygen atoms in total. The number of benzene rings is 3. The van der Waals surface area contributed by atoms with Gasteiger partial charge in [-0.3, -0.25) is 4.79 Å². The smallest absolute Gasteiger partial charge is 0.255 e. The van der Waals surface area contributed by atoms with E-state index in [-0.39, 0.29) is 5.91 Å². The first-order valence-electron chi connectivity index (χ1n) is 7.58. The maximum atomic E-state index is 12.4. The third-order valence-corrected chi connectivity index (χ3v) is 3.76. The van der Waals surface area contributed by atoms with E-state index in [0.717, 1.165) is 11.1 Å². The average Bonchev–Trinajstić information content (AvgIpc) is 2.64. The molecule has 3 rings (SSSR count). The number of carbonyl (C=O) groups is 1. The molecule has 4 heteroatoms. The van der Waals surface area contributed by atoms with E-state index in [0.29, 0.717) is 22.7 Å². The highest BCUT2D eigenvalue weighted by molar-refractivity contribution is 6.06. The van der Waals surface area contributed by atoms with Gasteiger partial charge in [0.15, 0.2) is 0 Å². The van der Waals surface area contributed by atoms with Crippen molar-refractivity contribution < 1.29 is 9.53 Å². The molecule has 3 aromatic rings. The van der Waals surface area contributed by atoms with Crippen LogP contribution in [0.5, 0.6) is 5.75 Å². The zero-order valence-electron chi connectivity index (χ0n) is 13.3. The number of nitrogens with two attached hydrogens (primary N) is 1. The zero-order valence-corrected chi connectivity index (χ0v) is 13.3. The Morgan fingerprint density at radius 1 is 0.917 bits per heavy atom. The molecule has 0 aromatic heterocycles. The van der Waals surface area contributed by atoms with Crippen LogP contribution in [-0.2, 0) is 0 Å². The minimum absolute atomic E-state index is 0.213. The maximum absolute atomic E-state index is 12.4. The van der Waals surface area contributed by atoms with Gasteiger partial charge in [-0.05, 0) is 47.5 Å². The second-order valence-electron chi connectivity index (χ2n) is 5.35. The van der Waals surface area contributed by atoms with Crippen molar-refractivity contribution in [1.82, 2.24) is 0 Å². The van der Waals surface area contributed by atoms with Crippen molar-refractivity contribution in [3.63, 3.8) is 0 Å². The molecule has 0 spiro atoms. The number of anilines is 2. The van der Waals surface area contributed by atoms with Gasteiger partial charge in [-0.25, -0.2) is 0 Å². The third-order valence-electron chi connectivity index (χ3n) is 3.76. The highest BCUT2D eigenvalue weighted by atomic mass is 16.5. The van der Waals surface area contributed by atoms with Gasteiger partial charge in [-0.2, -0.15) is 0 Å².